The molecule has 0 amide bonds. The van der Waals surface area contributed by atoms with Crippen LogP contribution in [-0.2, 0) is 17.5 Å². The molecule has 2 aromatic heterocycles. The molecule has 0 radical (unpaired) electrons. The van der Waals surface area contributed by atoms with Gasteiger partial charge in [0.25, 0.3) is 0 Å². The van der Waals surface area contributed by atoms with E-state index >= 15 is 0 Å². The second kappa shape index (κ2) is 6.62. The van der Waals surface area contributed by atoms with Crippen molar-refractivity contribution in [2.24, 2.45) is 5.18 Å². The molecule has 0 atom stereocenters. The molecule has 0 fully saturated rings. The number of ether oxygens (including phenoxy) is 1. The summed E-state index contributed by atoms with van der Waals surface area (Å²) < 4.78 is 45.3. The maximum Gasteiger partial charge on any atom is 0.436 e. The lowest BCUT2D eigenvalue weighted by molar-refractivity contribution is -0.141. The molecule has 10 heteroatoms. The fraction of sp³-hybridized carbons (Fsp3) is 0.250. The summed E-state index contributed by atoms with van der Waals surface area (Å²) in [7, 11) is 0. The summed E-state index contributed by atoms with van der Waals surface area (Å²) >= 11 is 0. The third-order valence-electron chi connectivity index (χ3n) is 3.73. The number of esters is 1. The van der Waals surface area contributed by atoms with Gasteiger partial charge in [-0.25, -0.2) is 9.48 Å². The van der Waals surface area contributed by atoms with Gasteiger partial charge in [-0.05, 0) is 25.1 Å². The lowest BCUT2D eigenvalue weighted by atomic mass is 10.1. The van der Waals surface area contributed by atoms with Crippen LogP contribution < -0.4 is 0 Å². The highest BCUT2D eigenvalue weighted by Gasteiger charge is 2.39. The van der Waals surface area contributed by atoms with Gasteiger partial charge in [-0.2, -0.15) is 23.2 Å². The number of carbonyl (C=O) groups excluding carboxylic acids is 1. The number of benzene rings is 1. The van der Waals surface area contributed by atoms with Crippen molar-refractivity contribution >= 4 is 16.9 Å². The van der Waals surface area contributed by atoms with Crippen molar-refractivity contribution in [3.05, 3.63) is 52.3 Å². The number of hydrogen-bond donors (Lipinski definition) is 1. The van der Waals surface area contributed by atoms with Gasteiger partial charge in [0.1, 0.15) is 12.1 Å². The van der Waals surface area contributed by atoms with Crippen LogP contribution >= 0.6 is 0 Å². The first-order valence-corrected chi connectivity index (χ1v) is 7.58. The first kappa shape index (κ1) is 17.6. The summed E-state index contributed by atoms with van der Waals surface area (Å²) in [6, 6.07) is 4.74. The highest BCUT2D eigenvalue weighted by Crippen LogP contribution is 2.32. The third kappa shape index (κ3) is 3.17. The number of rotatable bonds is 5. The molecule has 26 heavy (non-hydrogen) atoms. The molecule has 0 saturated heterocycles. The predicted molar refractivity (Wildman–Crippen MR) is 85.9 cm³/mol. The topological polar surface area (TPSA) is 89.3 Å². The average Bonchev–Trinajstić information content (AvgIpc) is 3.19. The van der Waals surface area contributed by atoms with E-state index in [1.54, 1.807) is 24.4 Å². The highest BCUT2D eigenvalue weighted by atomic mass is 19.4. The van der Waals surface area contributed by atoms with Gasteiger partial charge in [-0.3, -0.25) is 0 Å². The maximum absolute atomic E-state index is 13.2. The summed E-state index contributed by atoms with van der Waals surface area (Å²) in [5.41, 5.74) is -0.389. The molecule has 1 aromatic carbocycles. The fourth-order valence-electron chi connectivity index (χ4n) is 2.58. The zero-order chi connectivity index (χ0) is 18.9. The van der Waals surface area contributed by atoms with E-state index < -0.39 is 23.4 Å². The van der Waals surface area contributed by atoms with Crippen LogP contribution in [0.15, 0.2) is 35.8 Å². The Kier molecular flexibility index (Phi) is 4.49. The first-order valence-electron chi connectivity index (χ1n) is 7.58. The fourth-order valence-corrected chi connectivity index (χ4v) is 2.58. The first-order chi connectivity index (χ1) is 12.3. The number of alkyl halides is 3. The SMILES string of the molecule is CCOC(=O)c1cn(-c2ccc3[nH]cc(CN=O)c3c2)nc1C(F)(F)F. The van der Waals surface area contributed by atoms with E-state index in [4.69, 9.17) is 0 Å². The lowest BCUT2D eigenvalue weighted by Crippen LogP contribution is -2.14. The van der Waals surface area contributed by atoms with Gasteiger partial charge in [0.2, 0.25) is 0 Å². The number of H-pyrrole nitrogens is 1. The van der Waals surface area contributed by atoms with Gasteiger partial charge in [0.15, 0.2) is 5.69 Å². The maximum atomic E-state index is 13.2. The molecule has 0 unspecified atom stereocenters. The summed E-state index contributed by atoms with van der Waals surface area (Å²) in [5.74, 6) is -1.10. The number of fused-ring (bicyclic) bond motifs is 1. The van der Waals surface area contributed by atoms with Crippen molar-refractivity contribution in [3.63, 3.8) is 0 Å². The molecule has 0 saturated carbocycles. The van der Waals surface area contributed by atoms with E-state index in [2.05, 4.69) is 20.0 Å². The van der Waals surface area contributed by atoms with Crippen molar-refractivity contribution in [2.75, 3.05) is 6.61 Å². The largest absolute Gasteiger partial charge is 0.462 e. The molecular formula is C16H13F3N4O3. The van der Waals surface area contributed by atoms with E-state index in [1.807, 2.05) is 0 Å². The van der Waals surface area contributed by atoms with Gasteiger partial charge >= 0.3 is 12.1 Å². The number of aromatic amines is 1. The summed E-state index contributed by atoms with van der Waals surface area (Å²) in [5, 5.41) is 6.97. The van der Waals surface area contributed by atoms with E-state index in [-0.39, 0.29) is 13.2 Å². The van der Waals surface area contributed by atoms with Crippen LogP contribution in [0.5, 0.6) is 0 Å². The zero-order valence-electron chi connectivity index (χ0n) is 13.5. The van der Waals surface area contributed by atoms with Gasteiger partial charge in [0, 0.05) is 28.9 Å². The number of aromatic nitrogens is 3. The quantitative estimate of drug-likeness (QED) is 0.549. The molecule has 0 aliphatic heterocycles. The minimum atomic E-state index is -4.81. The molecule has 1 N–H and O–H groups in total. The molecule has 3 rings (SSSR count). The van der Waals surface area contributed by atoms with Crippen LogP contribution in [0.1, 0.15) is 28.5 Å². The second-order valence-corrected chi connectivity index (χ2v) is 5.39. The Labute approximate surface area is 144 Å². The van der Waals surface area contributed by atoms with Crippen molar-refractivity contribution in [2.45, 2.75) is 19.6 Å². The van der Waals surface area contributed by atoms with Crippen LogP contribution in [0.3, 0.4) is 0 Å². The van der Waals surface area contributed by atoms with Crippen molar-refractivity contribution in [1.82, 2.24) is 14.8 Å². The lowest BCUT2D eigenvalue weighted by Gasteiger charge is -2.05. The Balaban J connectivity index is 2.11. The minimum absolute atomic E-state index is 0.0569. The van der Waals surface area contributed by atoms with Gasteiger partial charge in [-0.1, -0.05) is 5.18 Å². The molecule has 3 aromatic rings. The molecular weight excluding hydrogens is 353 g/mol. The number of hydrogen-bond acceptors (Lipinski definition) is 5. The Bertz CT molecular complexity index is 975. The number of nitrogens with zero attached hydrogens (tertiary/aromatic N) is 3. The van der Waals surface area contributed by atoms with Crippen molar-refractivity contribution in [1.29, 1.82) is 0 Å². The monoisotopic (exact) mass is 366 g/mol. The summed E-state index contributed by atoms with van der Waals surface area (Å²) in [6.07, 6.45) is -2.23. The molecule has 0 aliphatic rings. The number of halogens is 3. The Morgan fingerprint density at radius 2 is 2.15 bits per heavy atom. The molecule has 0 aliphatic carbocycles. The zero-order valence-corrected chi connectivity index (χ0v) is 13.5. The van der Waals surface area contributed by atoms with Crippen molar-refractivity contribution in [3.8, 4) is 5.69 Å². The standard InChI is InChI=1S/C16H13F3N4O3/c1-2-26-15(24)12-8-23(22-14(12)16(17,18)19)10-3-4-13-11(5-10)9(6-20-13)7-21-25/h3-6,8,20H,2,7H2,1H3. The Morgan fingerprint density at radius 3 is 2.81 bits per heavy atom. The molecule has 2 heterocycles. The number of nitrogens with one attached hydrogen (secondary N) is 1. The summed E-state index contributed by atoms with van der Waals surface area (Å²) in [6.45, 7) is 1.36. The molecule has 7 nitrogen and oxygen atoms in total. The van der Waals surface area contributed by atoms with Crippen LogP contribution in [0, 0.1) is 4.91 Å². The van der Waals surface area contributed by atoms with Crippen LogP contribution in [-0.4, -0.2) is 27.3 Å². The van der Waals surface area contributed by atoms with Gasteiger partial charge in [0.05, 0.1) is 12.3 Å². The Morgan fingerprint density at radius 1 is 1.38 bits per heavy atom. The summed E-state index contributed by atoms with van der Waals surface area (Å²) in [4.78, 5) is 25.3. The van der Waals surface area contributed by atoms with E-state index in [0.29, 0.717) is 22.2 Å². The number of nitroso groups, excluding NO2 is 1. The van der Waals surface area contributed by atoms with Crippen LogP contribution in [0.4, 0.5) is 13.2 Å². The predicted octanol–water partition coefficient (Wildman–Crippen LogP) is 3.82. The third-order valence-corrected chi connectivity index (χ3v) is 3.73. The smallest absolute Gasteiger partial charge is 0.436 e. The van der Waals surface area contributed by atoms with Crippen molar-refractivity contribution < 1.29 is 22.7 Å². The molecule has 0 spiro atoms. The Hall–Kier alpha value is -3.17. The molecule has 0 bridgehead atoms. The second-order valence-electron chi connectivity index (χ2n) is 5.39. The number of carbonyl (C=O) groups is 1. The van der Waals surface area contributed by atoms with Gasteiger partial charge < -0.3 is 9.72 Å². The highest BCUT2D eigenvalue weighted by molar-refractivity contribution is 5.91. The normalized spacial score (nSPS) is 11.7. The molecule has 136 valence electrons. The minimum Gasteiger partial charge on any atom is -0.462 e. The van der Waals surface area contributed by atoms with E-state index in [1.165, 1.54) is 6.92 Å². The van der Waals surface area contributed by atoms with E-state index in [0.717, 1.165) is 10.9 Å². The van der Waals surface area contributed by atoms with Crippen LogP contribution in [0.2, 0.25) is 0 Å². The van der Waals surface area contributed by atoms with Gasteiger partial charge in [-0.15, -0.1) is 0 Å². The van der Waals surface area contributed by atoms with Crippen LogP contribution in [0.25, 0.3) is 16.6 Å². The van der Waals surface area contributed by atoms with E-state index in [9.17, 15) is 22.9 Å². The average molecular weight is 366 g/mol.